The van der Waals surface area contributed by atoms with Crippen LogP contribution >= 0.6 is 23.2 Å². The van der Waals surface area contributed by atoms with E-state index in [4.69, 9.17) is 32.7 Å². The van der Waals surface area contributed by atoms with Gasteiger partial charge in [-0.1, -0.05) is 41.4 Å². The fourth-order valence-electron chi connectivity index (χ4n) is 3.73. The monoisotopic (exact) mass is 538 g/mol. The Morgan fingerprint density at radius 2 is 1.65 bits per heavy atom. The number of nitrogens with one attached hydrogen (secondary N) is 1. The minimum absolute atomic E-state index is 0.217. The maximum atomic E-state index is 13.3. The Morgan fingerprint density at radius 1 is 0.919 bits per heavy atom. The molecule has 1 saturated heterocycles. The number of barbiturate groups is 1. The number of carbonyl (C=O) groups excluding carboxylic acids is 3. The molecule has 1 heterocycles. The molecule has 1 fully saturated rings. The van der Waals surface area contributed by atoms with Crippen LogP contribution in [0.4, 0.5) is 10.5 Å². The van der Waals surface area contributed by atoms with Gasteiger partial charge in [-0.15, -0.1) is 0 Å². The number of hydrogen-bond acceptors (Lipinski definition) is 5. The second-order valence-electron chi connectivity index (χ2n) is 8.40. The molecule has 1 N–H and O–H groups in total. The van der Waals surface area contributed by atoms with Crippen molar-refractivity contribution in [3.05, 3.63) is 92.5 Å². The lowest BCUT2D eigenvalue weighted by atomic mass is 10.0. The predicted octanol–water partition coefficient (Wildman–Crippen LogP) is 6.25. The minimum atomic E-state index is -0.811. The molecule has 9 heteroatoms. The molecule has 1 aliphatic rings. The number of carbonyl (C=O) groups is 3. The highest BCUT2D eigenvalue weighted by atomic mass is 35.5. The maximum absolute atomic E-state index is 13.3. The van der Waals surface area contributed by atoms with Crippen LogP contribution in [0.5, 0.6) is 11.5 Å². The predicted molar refractivity (Wildman–Crippen MR) is 143 cm³/mol. The zero-order valence-electron chi connectivity index (χ0n) is 20.4. The number of benzene rings is 3. The summed E-state index contributed by atoms with van der Waals surface area (Å²) in [5.41, 5.74) is 3.38. The first-order valence-electron chi connectivity index (χ1n) is 11.5. The third kappa shape index (κ3) is 5.79. The number of hydrogen-bond donors (Lipinski definition) is 1. The van der Waals surface area contributed by atoms with Crippen LogP contribution in [0.2, 0.25) is 10.0 Å². The van der Waals surface area contributed by atoms with Crippen molar-refractivity contribution < 1.29 is 23.9 Å². The Morgan fingerprint density at radius 3 is 2.32 bits per heavy atom. The summed E-state index contributed by atoms with van der Waals surface area (Å²) in [5, 5.41) is 3.08. The summed E-state index contributed by atoms with van der Waals surface area (Å²) in [6.07, 6.45) is 1.37. The van der Waals surface area contributed by atoms with E-state index in [1.807, 2.05) is 39.0 Å². The fourth-order valence-corrected chi connectivity index (χ4v) is 4.13. The number of imide groups is 2. The Kier molecular flexibility index (Phi) is 7.86. The first-order chi connectivity index (χ1) is 17.7. The molecule has 1 aliphatic heterocycles. The van der Waals surface area contributed by atoms with E-state index < -0.39 is 17.8 Å². The summed E-state index contributed by atoms with van der Waals surface area (Å²) in [5.74, 6) is -0.866. The van der Waals surface area contributed by atoms with Crippen molar-refractivity contribution in [3.63, 3.8) is 0 Å². The Bertz CT molecular complexity index is 1420. The van der Waals surface area contributed by atoms with Crippen LogP contribution in [0, 0.1) is 13.8 Å². The molecular formula is C28H24Cl2N2O5. The summed E-state index contributed by atoms with van der Waals surface area (Å²) in [6, 6.07) is 14.8. The number of nitrogens with zero attached hydrogens (tertiary/aromatic N) is 1. The smallest absolute Gasteiger partial charge is 0.335 e. The summed E-state index contributed by atoms with van der Waals surface area (Å²) in [6.45, 7) is 6.18. The van der Waals surface area contributed by atoms with E-state index in [0.717, 1.165) is 21.6 Å². The van der Waals surface area contributed by atoms with E-state index in [-0.39, 0.29) is 17.2 Å². The normalized spacial score (nSPS) is 14.7. The molecule has 7 nitrogen and oxygen atoms in total. The van der Waals surface area contributed by atoms with Gasteiger partial charge in [0.1, 0.15) is 12.2 Å². The largest absolute Gasteiger partial charge is 0.490 e. The van der Waals surface area contributed by atoms with Crippen LogP contribution in [0.1, 0.15) is 29.2 Å². The lowest BCUT2D eigenvalue weighted by molar-refractivity contribution is -0.122. The standard InChI is InChI=1S/C28H24Cl2N2O5/c1-4-36-24-14-19(13-23(30)25(24)37-15-18-6-8-20(29)9-7-18)12-22-26(33)31-28(35)32(27(22)34)21-10-5-16(2)17(3)11-21/h5-14H,4,15H2,1-3H3,(H,31,33,35)/b22-12+. The van der Waals surface area contributed by atoms with E-state index in [1.165, 1.54) is 6.08 Å². The number of ether oxygens (including phenoxy) is 2. The number of rotatable bonds is 7. The molecule has 190 valence electrons. The van der Waals surface area contributed by atoms with Crippen LogP contribution < -0.4 is 19.7 Å². The van der Waals surface area contributed by atoms with Gasteiger partial charge in [0.25, 0.3) is 11.8 Å². The molecule has 37 heavy (non-hydrogen) atoms. The summed E-state index contributed by atoms with van der Waals surface area (Å²) in [4.78, 5) is 39.4. The Balaban J connectivity index is 1.66. The lowest BCUT2D eigenvalue weighted by Crippen LogP contribution is -2.54. The molecule has 0 aliphatic carbocycles. The van der Waals surface area contributed by atoms with Gasteiger partial charge in [0.15, 0.2) is 11.5 Å². The maximum Gasteiger partial charge on any atom is 0.335 e. The van der Waals surface area contributed by atoms with Crippen LogP contribution in [0.3, 0.4) is 0 Å². The Hall–Kier alpha value is -3.81. The van der Waals surface area contributed by atoms with Crippen molar-refractivity contribution in [2.75, 3.05) is 11.5 Å². The van der Waals surface area contributed by atoms with E-state index in [1.54, 1.807) is 36.4 Å². The number of amides is 4. The summed E-state index contributed by atoms with van der Waals surface area (Å²) < 4.78 is 11.7. The average molecular weight is 539 g/mol. The molecule has 0 atom stereocenters. The minimum Gasteiger partial charge on any atom is -0.490 e. The van der Waals surface area contributed by atoms with Crippen LogP contribution in [0.25, 0.3) is 6.08 Å². The molecular weight excluding hydrogens is 515 g/mol. The van der Waals surface area contributed by atoms with E-state index in [2.05, 4.69) is 5.32 Å². The van der Waals surface area contributed by atoms with E-state index in [9.17, 15) is 14.4 Å². The molecule has 0 aromatic heterocycles. The number of aryl methyl sites for hydroxylation is 2. The lowest BCUT2D eigenvalue weighted by Gasteiger charge is -2.27. The third-order valence-electron chi connectivity index (χ3n) is 5.79. The van der Waals surface area contributed by atoms with E-state index >= 15 is 0 Å². The quantitative estimate of drug-likeness (QED) is 0.283. The topological polar surface area (TPSA) is 84.9 Å². The first-order valence-corrected chi connectivity index (χ1v) is 12.3. The van der Waals surface area contributed by atoms with Crippen molar-refractivity contribution in [1.29, 1.82) is 0 Å². The highest BCUT2D eigenvalue weighted by Gasteiger charge is 2.37. The van der Waals surface area contributed by atoms with E-state index in [0.29, 0.717) is 34.4 Å². The number of halogens is 2. The van der Waals surface area contributed by atoms with Crippen molar-refractivity contribution in [2.24, 2.45) is 0 Å². The SMILES string of the molecule is CCOc1cc(/C=C2\C(=O)NC(=O)N(c3ccc(C)c(C)c3)C2=O)cc(Cl)c1OCc1ccc(Cl)cc1. The van der Waals surface area contributed by atoms with Gasteiger partial charge in [0, 0.05) is 5.02 Å². The average Bonchev–Trinajstić information content (AvgIpc) is 2.84. The van der Waals surface area contributed by atoms with Crippen LogP contribution in [0.15, 0.2) is 60.2 Å². The zero-order chi connectivity index (χ0) is 26.7. The molecule has 0 saturated carbocycles. The van der Waals surface area contributed by atoms with Gasteiger partial charge in [-0.2, -0.15) is 0 Å². The van der Waals surface area contributed by atoms with Crippen molar-refractivity contribution in [3.8, 4) is 11.5 Å². The summed E-state index contributed by atoms with van der Waals surface area (Å²) in [7, 11) is 0. The molecule has 3 aromatic carbocycles. The van der Waals surface area contributed by atoms with Gasteiger partial charge >= 0.3 is 6.03 Å². The van der Waals surface area contributed by atoms with Gasteiger partial charge in [0.05, 0.1) is 17.3 Å². The van der Waals surface area contributed by atoms with Crippen molar-refractivity contribution in [1.82, 2.24) is 5.32 Å². The van der Waals surface area contributed by atoms with Crippen LogP contribution in [-0.4, -0.2) is 24.5 Å². The molecule has 0 bridgehead atoms. The Labute approximate surface area is 224 Å². The third-order valence-corrected chi connectivity index (χ3v) is 6.32. The fraction of sp³-hybridized carbons (Fsp3) is 0.179. The molecule has 0 spiro atoms. The van der Waals surface area contributed by atoms with Gasteiger partial charge in [-0.25, -0.2) is 9.69 Å². The number of urea groups is 1. The number of anilines is 1. The highest BCUT2D eigenvalue weighted by Crippen LogP contribution is 2.38. The molecule has 4 amide bonds. The molecule has 3 aromatic rings. The van der Waals surface area contributed by atoms with Gasteiger partial charge < -0.3 is 9.47 Å². The summed E-state index contributed by atoms with van der Waals surface area (Å²) >= 11 is 12.5. The van der Waals surface area contributed by atoms with Crippen molar-refractivity contribution >= 4 is 52.8 Å². The van der Waals surface area contributed by atoms with Gasteiger partial charge in [-0.05, 0) is 85.5 Å². The second kappa shape index (κ2) is 11.1. The van der Waals surface area contributed by atoms with Gasteiger partial charge in [-0.3, -0.25) is 14.9 Å². The molecule has 0 radical (unpaired) electrons. The first kappa shape index (κ1) is 26.3. The van der Waals surface area contributed by atoms with Crippen LogP contribution in [-0.2, 0) is 16.2 Å². The van der Waals surface area contributed by atoms with Crippen molar-refractivity contribution in [2.45, 2.75) is 27.4 Å². The second-order valence-corrected chi connectivity index (χ2v) is 9.25. The van der Waals surface area contributed by atoms with Gasteiger partial charge in [0.2, 0.25) is 0 Å². The highest BCUT2D eigenvalue weighted by molar-refractivity contribution is 6.39. The molecule has 4 rings (SSSR count). The molecule has 0 unspecified atom stereocenters. The zero-order valence-corrected chi connectivity index (χ0v) is 21.9.